The minimum absolute atomic E-state index is 0.0152. The summed E-state index contributed by atoms with van der Waals surface area (Å²) in [5.41, 5.74) is 2.10. The first-order valence-electron chi connectivity index (χ1n) is 6.81. The highest BCUT2D eigenvalue weighted by molar-refractivity contribution is 6.05. The van der Waals surface area contributed by atoms with Crippen LogP contribution in [0.3, 0.4) is 0 Å². The summed E-state index contributed by atoms with van der Waals surface area (Å²) in [5, 5.41) is 0. The van der Waals surface area contributed by atoms with Crippen molar-refractivity contribution in [2.75, 3.05) is 0 Å². The third-order valence-electron chi connectivity index (χ3n) is 4.17. The number of carbonyl (C=O) groups excluding carboxylic acids is 1. The zero-order chi connectivity index (χ0) is 13.9. The Morgan fingerprint density at radius 2 is 1.94 bits per heavy atom. The number of allylic oxidation sites excluding steroid dienone is 4. The molecule has 1 aliphatic rings. The van der Waals surface area contributed by atoms with Crippen molar-refractivity contribution in [2.45, 2.75) is 47.0 Å². The Labute approximate surface area is 112 Å². The van der Waals surface area contributed by atoms with Crippen molar-refractivity contribution in [3.8, 4) is 0 Å². The van der Waals surface area contributed by atoms with Crippen LogP contribution in [-0.2, 0) is 4.79 Å². The van der Waals surface area contributed by atoms with Crippen LogP contribution in [0.2, 0.25) is 0 Å². The molecule has 1 rings (SSSR count). The molecule has 0 bridgehead atoms. The summed E-state index contributed by atoms with van der Waals surface area (Å²) < 4.78 is 0. The van der Waals surface area contributed by atoms with Gasteiger partial charge in [0, 0.05) is 5.57 Å². The molecule has 1 saturated carbocycles. The Kier molecular flexibility index (Phi) is 4.72. The fourth-order valence-electron chi connectivity index (χ4n) is 2.53. The molecule has 1 aliphatic carbocycles. The van der Waals surface area contributed by atoms with Crippen molar-refractivity contribution in [1.82, 2.24) is 0 Å². The Morgan fingerprint density at radius 1 is 1.33 bits per heavy atom. The van der Waals surface area contributed by atoms with Crippen LogP contribution in [0, 0.1) is 17.3 Å². The number of rotatable bonds is 3. The maximum absolute atomic E-state index is 11.9. The maximum Gasteiger partial charge on any atom is 0.185 e. The van der Waals surface area contributed by atoms with Crippen LogP contribution in [0.25, 0.3) is 0 Å². The third-order valence-corrected chi connectivity index (χ3v) is 4.17. The predicted molar refractivity (Wildman–Crippen MR) is 78.4 cm³/mol. The quantitative estimate of drug-likeness (QED) is 0.521. The zero-order valence-corrected chi connectivity index (χ0v) is 12.3. The molecule has 0 spiro atoms. The molecule has 100 valence electrons. The fourth-order valence-corrected chi connectivity index (χ4v) is 2.53. The summed E-state index contributed by atoms with van der Waals surface area (Å²) in [7, 11) is 0. The number of hydrogen-bond donors (Lipinski definition) is 0. The van der Waals surface area contributed by atoms with Crippen molar-refractivity contribution in [2.24, 2.45) is 17.3 Å². The summed E-state index contributed by atoms with van der Waals surface area (Å²) in [6, 6.07) is 0. The standard InChI is InChI=1S/C17H26O/c1-7-12(2)16(18)11-14-10-15(17(4,5)6)9-8-13(14)3/h7,11,13,15H,1-2,8-10H2,3-6H3. The first-order valence-corrected chi connectivity index (χ1v) is 6.81. The molecule has 0 aliphatic heterocycles. The van der Waals surface area contributed by atoms with Gasteiger partial charge in [-0.3, -0.25) is 4.79 Å². The molecule has 0 heterocycles. The molecule has 18 heavy (non-hydrogen) atoms. The monoisotopic (exact) mass is 246 g/mol. The second kappa shape index (κ2) is 5.69. The molecular weight excluding hydrogens is 220 g/mol. The molecule has 0 aromatic heterocycles. The highest BCUT2D eigenvalue weighted by atomic mass is 16.1. The van der Waals surface area contributed by atoms with Crippen LogP contribution < -0.4 is 0 Å². The zero-order valence-electron chi connectivity index (χ0n) is 12.3. The van der Waals surface area contributed by atoms with E-state index in [4.69, 9.17) is 0 Å². The van der Waals surface area contributed by atoms with Crippen molar-refractivity contribution in [3.05, 3.63) is 36.5 Å². The molecule has 0 saturated heterocycles. The lowest BCUT2D eigenvalue weighted by Gasteiger charge is -2.37. The predicted octanol–water partition coefficient (Wildman–Crippen LogP) is 4.71. The van der Waals surface area contributed by atoms with Gasteiger partial charge in [0.1, 0.15) is 0 Å². The van der Waals surface area contributed by atoms with Crippen LogP contribution >= 0.6 is 0 Å². The molecule has 0 radical (unpaired) electrons. The van der Waals surface area contributed by atoms with Crippen LogP contribution in [-0.4, -0.2) is 5.78 Å². The number of carbonyl (C=O) groups is 1. The van der Waals surface area contributed by atoms with Crippen LogP contribution in [0.15, 0.2) is 36.5 Å². The van der Waals surface area contributed by atoms with E-state index in [1.165, 1.54) is 24.5 Å². The van der Waals surface area contributed by atoms with Gasteiger partial charge in [0.15, 0.2) is 5.78 Å². The summed E-state index contributed by atoms with van der Waals surface area (Å²) in [6.07, 6.45) is 6.82. The molecular formula is C17H26O. The van der Waals surface area contributed by atoms with Crippen molar-refractivity contribution < 1.29 is 4.79 Å². The maximum atomic E-state index is 11.9. The Balaban J connectivity index is 2.86. The normalized spacial score (nSPS) is 27.0. The van der Waals surface area contributed by atoms with Gasteiger partial charge < -0.3 is 0 Å². The summed E-state index contributed by atoms with van der Waals surface area (Å²) in [4.78, 5) is 11.9. The van der Waals surface area contributed by atoms with E-state index in [1.54, 1.807) is 6.08 Å². The van der Waals surface area contributed by atoms with Crippen molar-refractivity contribution in [1.29, 1.82) is 0 Å². The molecule has 0 aromatic rings. The lowest BCUT2D eigenvalue weighted by atomic mass is 9.68. The second-order valence-electron chi connectivity index (χ2n) is 6.56. The smallest absolute Gasteiger partial charge is 0.185 e. The number of hydrogen-bond acceptors (Lipinski definition) is 1. The fraction of sp³-hybridized carbons (Fsp3) is 0.588. The van der Waals surface area contributed by atoms with Crippen LogP contribution in [0.1, 0.15) is 47.0 Å². The van der Waals surface area contributed by atoms with Crippen LogP contribution in [0.5, 0.6) is 0 Å². The van der Waals surface area contributed by atoms with Gasteiger partial charge in [-0.1, -0.05) is 52.5 Å². The SMILES string of the molecule is C=CC(=C)C(=O)C=C1CC(C(C)(C)C)CCC1C. The van der Waals surface area contributed by atoms with Crippen molar-refractivity contribution in [3.63, 3.8) is 0 Å². The van der Waals surface area contributed by atoms with Gasteiger partial charge in [-0.15, -0.1) is 0 Å². The van der Waals surface area contributed by atoms with E-state index in [0.29, 0.717) is 22.8 Å². The minimum atomic E-state index is 0.0152. The average Bonchev–Trinajstić information content (AvgIpc) is 2.29. The van der Waals surface area contributed by atoms with Gasteiger partial charge in [0.25, 0.3) is 0 Å². The van der Waals surface area contributed by atoms with E-state index in [-0.39, 0.29) is 5.78 Å². The van der Waals surface area contributed by atoms with Gasteiger partial charge in [-0.2, -0.15) is 0 Å². The largest absolute Gasteiger partial charge is 0.289 e. The highest BCUT2D eigenvalue weighted by Gasteiger charge is 2.31. The van der Waals surface area contributed by atoms with Gasteiger partial charge in [0.05, 0.1) is 0 Å². The van der Waals surface area contributed by atoms with E-state index in [9.17, 15) is 4.79 Å². The molecule has 1 heteroatoms. The lowest BCUT2D eigenvalue weighted by molar-refractivity contribution is -0.111. The lowest BCUT2D eigenvalue weighted by Crippen LogP contribution is -2.27. The first kappa shape index (κ1) is 14.9. The number of ketones is 1. The molecule has 0 amide bonds. The molecule has 2 atom stereocenters. The first-order chi connectivity index (χ1) is 8.25. The Morgan fingerprint density at radius 3 is 2.44 bits per heavy atom. The molecule has 0 N–H and O–H groups in total. The van der Waals surface area contributed by atoms with E-state index < -0.39 is 0 Å². The average molecular weight is 246 g/mol. The van der Waals surface area contributed by atoms with E-state index in [2.05, 4.69) is 40.9 Å². The van der Waals surface area contributed by atoms with Crippen LogP contribution in [0.4, 0.5) is 0 Å². The molecule has 1 nitrogen and oxygen atoms in total. The molecule has 1 fully saturated rings. The topological polar surface area (TPSA) is 17.1 Å². The van der Waals surface area contributed by atoms with E-state index in [1.807, 2.05) is 0 Å². The van der Waals surface area contributed by atoms with E-state index >= 15 is 0 Å². The van der Waals surface area contributed by atoms with Gasteiger partial charge in [-0.05, 0) is 42.6 Å². The summed E-state index contributed by atoms with van der Waals surface area (Å²) >= 11 is 0. The minimum Gasteiger partial charge on any atom is -0.289 e. The van der Waals surface area contributed by atoms with E-state index in [0.717, 1.165) is 6.42 Å². The molecule has 0 aromatic carbocycles. The Hall–Kier alpha value is -1.11. The summed E-state index contributed by atoms with van der Waals surface area (Å²) in [5.74, 6) is 1.20. The summed E-state index contributed by atoms with van der Waals surface area (Å²) in [6.45, 7) is 16.4. The highest BCUT2D eigenvalue weighted by Crippen LogP contribution is 2.42. The van der Waals surface area contributed by atoms with Gasteiger partial charge >= 0.3 is 0 Å². The van der Waals surface area contributed by atoms with Crippen molar-refractivity contribution >= 4 is 5.78 Å². The van der Waals surface area contributed by atoms with Gasteiger partial charge in [-0.25, -0.2) is 0 Å². The third kappa shape index (κ3) is 3.69. The molecule has 2 unspecified atom stereocenters. The second-order valence-corrected chi connectivity index (χ2v) is 6.56. The Bertz CT molecular complexity index is 379. The van der Waals surface area contributed by atoms with Gasteiger partial charge in [0.2, 0.25) is 0 Å².